The Bertz CT molecular complexity index is 2420. The van der Waals surface area contributed by atoms with Crippen molar-refractivity contribution in [3.05, 3.63) is 138 Å². The Morgan fingerprint density at radius 2 is 1.09 bits per heavy atom. The fourth-order valence-corrected chi connectivity index (χ4v) is 8.37. The zero-order chi connectivity index (χ0) is 54.1. The lowest BCUT2D eigenvalue weighted by Gasteiger charge is -2.21. The monoisotopic (exact) mass is 1060 g/mol. The van der Waals surface area contributed by atoms with E-state index in [0.717, 1.165) is 23.6 Å². The Hall–Kier alpha value is -6.86. The van der Waals surface area contributed by atoms with E-state index >= 15 is 0 Å². The minimum absolute atomic E-state index is 0.0199. The van der Waals surface area contributed by atoms with Gasteiger partial charge in [-0.1, -0.05) is 104 Å². The standard InChI is InChI=1S/C54H70FN6O13P/c1-40(18-17-35-74-75(69,70)61-46(54(68)73-39-43-23-11-4-12-24-43)29-32-51(65)71-37-41-19-7-2-8-20-41)59-50(64)31-28-45(53(67)72-38-42-21-9-3-10-22-42)60-49(63)26-14-6-15-33-56-48(62)25-13-5-16-34-57-52(66)44-27-30-47(55)58-36-44/h2-4,7-12,19-24,27,30,36,40,45-46H,5-6,13-18,25-26,28-29,31-35,37-39H2,1H3,(H,56,62)(H,57,66)(H,59,64)(H,60,63)(H2,61,69,70)/t40-,45+,46+/m1/s1. The van der Waals surface area contributed by atoms with Gasteiger partial charge in [-0.05, 0) is 87.1 Å². The van der Waals surface area contributed by atoms with E-state index in [1.54, 1.807) is 85.8 Å². The summed E-state index contributed by atoms with van der Waals surface area (Å²) in [6, 6.07) is 26.4. The van der Waals surface area contributed by atoms with Crippen LogP contribution < -0.4 is 26.4 Å². The normalized spacial score (nSPS) is 12.9. The van der Waals surface area contributed by atoms with E-state index in [1.165, 1.54) is 12.3 Å². The highest BCUT2D eigenvalue weighted by atomic mass is 31.2. The van der Waals surface area contributed by atoms with E-state index < -0.39 is 61.5 Å². The van der Waals surface area contributed by atoms with E-state index in [9.17, 15) is 47.4 Å². The van der Waals surface area contributed by atoms with E-state index in [-0.39, 0.29) is 82.3 Å². The Labute approximate surface area is 437 Å². The molecule has 1 unspecified atom stereocenters. The van der Waals surface area contributed by atoms with Crippen molar-refractivity contribution in [2.45, 2.75) is 135 Å². The van der Waals surface area contributed by atoms with Gasteiger partial charge < -0.3 is 40.4 Å². The molecule has 19 nitrogen and oxygen atoms in total. The zero-order valence-corrected chi connectivity index (χ0v) is 43.3. The summed E-state index contributed by atoms with van der Waals surface area (Å²) in [4.78, 5) is 103. The molecule has 75 heavy (non-hydrogen) atoms. The number of nitrogens with zero attached hydrogens (tertiary/aromatic N) is 1. The molecule has 6 N–H and O–H groups in total. The Balaban J connectivity index is 1.14. The fourth-order valence-electron chi connectivity index (χ4n) is 7.29. The van der Waals surface area contributed by atoms with Crippen molar-refractivity contribution < 1.29 is 66.1 Å². The van der Waals surface area contributed by atoms with Gasteiger partial charge in [0.25, 0.3) is 5.91 Å². The number of unbranched alkanes of at least 4 members (excludes halogenated alkanes) is 4. The quantitative estimate of drug-likeness (QED) is 0.00897. The number of amides is 4. The first kappa shape index (κ1) is 60.7. The minimum atomic E-state index is -4.61. The predicted octanol–water partition coefficient (Wildman–Crippen LogP) is 6.82. The zero-order valence-electron chi connectivity index (χ0n) is 42.4. The molecule has 0 fully saturated rings. The third-order valence-electron chi connectivity index (χ3n) is 11.4. The average molecular weight is 1060 g/mol. The predicted molar refractivity (Wildman–Crippen MR) is 275 cm³/mol. The maximum absolute atomic E-state index is 13.2. The SMILES string of the molecule is C[C@H](CCCOP(=O)(O)N[C@@H](CCC(=O)OCc1ccccc1)C(=O)OCc1ccccc1)NC(=O)CC[C@H](NC(=O)CCCCCNC(=O)CCCCCNC(=O)c1ccc(F)nc1)C(=O)OCc1ccccc1. The van der Waals surface area contributed by atoms with Crippen LogP contribution in [-0.2, 0) is 71.9 Å². The molecule has 406 valence electrons. The molecule has 4 amide bonds. The molecule has 0 saturated carbocycles. The first-order valence-electron chi connectivity index (χ1n) is 25.3. The van der Waals surface area contributed by atoms with Crippen LogP contribution in [0.25, 0.3) is 0 Å². The molecule has 0 saturated heterocycles. The van der Waals surface area contributed by atoms with Crippen LogP contribution in [0.2, 0.25) is 0 Å². The minimum Gasteiger partial charge on any atom is -0.461 e. The van der Waals surface area contributed by atoms with Crippen LogP contribution in [0.15, 0.2) is 109 Å². The summed E-state index contributed by atoms with van der Waals surface area (Å²) in [5, 5.41) is 13.5. The lowest BCUT2D eigenvalue weighted by atomic mass is 10.1. The highest BCUT2D eigenvalue weighted by Crippen LogP contribution is 2.38. The van der Waals surface area contributed by atoms with Crippen LogP contribution in [-0.4, -0.2) is 89.2 Å². The van der Waals surface area contributed by atoms with Crippen LogP contribution >= 0.6 is 7.75 Å². The van der Waals surface area contributed by atoms with Crippen molar-refractivity contribution >= 4 is 49.3 Å². The number of esters is 3. The molecule has 4 rings (SSSR count). The summed E-state index contributed by atoms with van der Waals surface area (Å²) >= 11 is 0. The molecule has 3 aromatic carbocycles. The highest BCUT2D eigenvalue weighted by Gasteiger charge is 2.31. The molecule has 1 aromatic heterocycles. The third-order valence-corrected chi connectivity index (χ3v) is 12.6. The summed E-state index contributed by atoms with van der Waals surface area (Å²) in [6.45, 7) is 2.23. The number of carbonyl (C=O) groups excluding carboxylic acids is 7. The van der Waals surface area contributed by atoms with E-state index in [2.05, 4.69) is 31.3 Å². The Morgan fingerprint density at radius 1 is 0.573 bits per heavy atom. The number of halogens is 1. The number of ether oxygens (including phenoxy) is 3. The molecule has 1 heterocycles. The van der Waals surface area contributed by atoms with Crippen LogP contribution in [0.5, 0.6) is 0 Å². The molecular formula is C54H70FN6O13P. The van der Waals surface area contributed by atoms with Gasteiger partial charge >= 0.3 is 25.7 Å². The second-order valence-electron chi connectivity index (χ2n) is 17.8. The molecule has 4 atom stereocenters. The van der Waals surface area contributed by atoms with Crippen molar-refractivity contribution in [2.75, 3.05) is 19.7 Å². The summed E-state index contributed by atoms with van der Waals surface area (Å²) in [7, 11) is -4.61. The number of pyridine rings is 1. The summed E-state index contributed by atoms with van der Waals surface area (Å²) < 4.78 is 47.6. The number of hydrogen-bond acceptors (Lipinski definition) is 13. The molecule has 0 bridgehead atoms. The first-order chi connectivity index (χ1) is 36.2. The van der Waals surface area contributed by atoms with Gasteiger partial charge in [0, 0.05) is 51.0 Å². The number of hydrogen-bond donors (Lipinski definition) is 6. The summed E-state index contributed by atoms with van der Waals surface area (Å²) in [5.41, 5.74) is 2.47. The van der Waals surface area contributed by atoms with Gasteiger partial charge in [-0.3, -0.25) is 33.3 Å². The van der Waals surface area contributed by atoms with Gasteiger partial charge in [0.05, 0.1) is 12.2 Å². The Kier molecular flexibility index (Phi) is 28.0. The molecule has 0 spiro atoms. The topological polar surface area (TPSA) is 267 Å². The van der Waals surface area contributed by atoms with Crippen LogP contribution in [0.4, 0.5) is 4.39 Å². The van der Waals surface area contributed by atoms with Crippen molar-refractivity contribution in [3.63, 3.8) is 0 Å². The number of carbonyl (C=O) groups is 7. The fraction of sp³-hybridized carbons (Fsp3) is 0.444. The number of nitrogens with one attached hydrogen (secondary N) is 5. The van der Waals surface area contributed by atoms with Crippen molar-refractivity contribution in [1.29, 1.82) is 0 Å². The van der Waals surface area contributed by atoms with E-state index in [0.29, 0.717) is 63.6 Å². The first-order valence-corrected chi connectivity index (χ1v) is 26.8. The largest absolute Gasteiger partial charge is 0.461 e. The second-order valence-corrected chi connectivity index (χ2v) is 19.3. The number of benzene rings is 3. The van der Waals surface area contributed by atoms with Crippen molar-refractivity contribution in [3.8, 4) is 0 Å². The molecule has 0 aliphatic rings. The summed E-state index contributed by atoms with van der Waals surface area (Å²) in [6.07, 6.45) is 5.31. The lowest BCUT2D eigenvalue weighted by Crippen LogP contribution is -2.43. The summed E-state index contributed by atoms with van der Waals surface area (Å²) in [5.74, 6) is -4.08. The van der Waals surface area contributed by atoms with Gasteiger partial charge in [-0.2, -0.15) is 4.39 Å². The molecule has 0 aliphatic carbocycles. The van der Waals surface area contributed by atoms with E-state index in [4.69, 9.17) is 18.7 Å². The number of aromatic nitrogens is 1. The molecular weight excluding hydrogens is 991 g/mol. The van der Waals surface area contributed by atoms with Crippen molar-refractivity contribution in [1.82, 2.24) is 31.3 Å². The number of rotatable bonds is 36. The van der Waals surface area contributed by atoms with Crippen LogP contribution in [0, 0.1) is 5.95 Å². The van der Waals surface area contributed by atoms with Gasteiger partial charge in [0.1, 0.15) is 31.9 Å². The second kappa shape index (κ2) is 34.6. The maximum atomic E-state index is 13.2. The highest BCUT2D eigenvalue weighted by molar-refractivity contribution is 7.50. The van der Waals surface area contributed by atoms with Crippen LogP contribution in [0.1, 0.15) is 124 Å². The van der Waals surface area contributed by atoms with Crippen molar-refractivity contribution in [2.24, 2.45) is 0 Å². The van der Waals surface area contributed by atoms with Gasteiger partial charge in [-0.25, -0.2) is 19.4 Å². The smallest absolute Gasteiger partial charge is 0.403 e. The molecule has 21 heteroatoms. The van der Waals surface area contributed by atoms with Gasteiger partial charge in [0.2, 0.25) is 23.7 Å². The van der Waals surface area contributed by atoms with Gasteiger partial charge in [0.15, 0.2) is 0 Å². The lowest BCUT2D eigenvalue weighted by molar-refractivity contribution is -0.150. The third kappa shape index (κ3) is 26.8. The molecule has 0 aliphatic heterocycles. The molecule has 0 radical (unpaired) electrons. The molecule has 4 aromatic rings. The maximum Gasteiger partial charge on any atom is 0.403 e. The Morgan fingerprint density at radius 3 is 1.67 bits per heavy atom. The van der Waals surface area contributed by atoms with E-state index in [1.807, 2.05) is 12.1 Å². The van der Waals surface area contributed by atoms with Gasteiger partial charge in [-0.15, -0.1) is 0 Å². The van der Waals surface area contributed by atoms with Crippen LogP contribution in [0.3, 0.4) is 0 Å². The average Bonchev–Trinajstić information content (AvgIpc) is 3.40.